The largest absolute Gasteiger partial charge is 0.472 e. The van der Waals surface area contributed by atoms with E-state index in [0.717, 1.165) is 64.2 Å². The number of ether oxygens (including phenoxy) is 2. The summed E-state index contributed by atoms with van der Waals surface area (Å²) in [6.07, 6.45) is 46.7. The van der Waals surface area contributed by atoms with E-state index in [9.17, 15) is 19.0 Å². The van der Waals surface area contributed by atoms with Gasteiger partial charge < -0.3 is 18.9 Å². The highest BCUT2D eigenvalue weighted by molar-refractivity contribution is 7.47. The summed E-state index contributed by atoms with van der Waals surface area (Å²) in [7, 11) is 1.43. The first-order valence-corrected chi connectivity index (χ1v) is 23.2. The number of hydrogen-bond acceptors (Lipinski definition) is 7. The number of likely N-dealkylation sites (N-methyl/N-ethyl adjacent to an activating group) is 1. The molecule has 0 amide bonds. The Hall–Kier alpha value is -2.55. The number of esters is 2. The second-order valence-electron chi connectivity index (χ2n) is 15.3. The van der Waals surface area contributed by atoms with Gasteiger partial charge in [-0.25, -0.2) is 4.57 Å². The van der Waals surface area contributed by atoms with Gasteiger partial charge in [0.1, 0.15) is 19.8 Å². The van der Waals surface area contributed by atoms with E-state index in [2.05, 4.69) is 80.7 Å². The molecule has 0 aromatic carbocycles. The van der Waals surface area contributed by atoms with Crippen LogP contribution in [0.25, 0.3) is 0 Å². The summed E-state index contributed by atoms with van der Waals surface area (Å²) in [4.78, 5) is 35.3. The molecule has 0 saturated carbocycles. The Balaban J connectivity index is 4.49. The predicted molar refractivity (Wildman–Crippen MR) is 233 cm³/mol. The molecule has 56 heavy (non-hydrogen) atoms. The van der Waals surface area contributed by atoms with Gasteiger partial charge in [-0.2, -0.15) is 0 Å². The van der Waals surface area contributed by atoms with Crippen LogP contribution in [0.2, 0.25) is 0 Å². The Morgan fingerprint density at radius 2 is 1.04 bits per heavy atom. The molecule has 0 heterocycles. The Morgan fingerprint density at radius 3 is 1.59 bits per heavy atom. The van der Waals surface area contributed by atoms with Gasteiger partial charge in [-0.15, -0.1) is 0 Å². The fourth-order valence-corrected chi connectivity index (χ4v) is 6.08. The maximum absolute atomic E-state index is 12.7. The van der Waals surface area contributed by atoms with Gasteiger partial charge in [-0.05, 0) is 77.0 Å². The highest BCUT2D eigenvalue weighted by Gasteiger charge is 2.27. The van der Waals surface area contributed by atoms with E-state index in [1.165, 1.54) is 51.4 Å². The van der Waals surface area contributed by atoms with Crippen LogP contribution in [0.3, 0.4) is 0 Å². The average Bonchev–Trinajstić information content (AvgIpc) is 3.15. The van der Waals surface area contributed by atoms with E-state index in [1.807, 2.05) is 27.2 Å². The number of phosphoric acid groups is 1. The Morgan fingerprint density at radius 1 is 0.571 bits per heavy atom. The summed E-state index contributed by atoms with van der Waals surface area (Å²) in [5.41, 5.74) is 0. The van der Waals surface area contributed by atoms with Crippen molar-refractivity contribution < 1.29 is 42.1 Å². The molecule has 0 aliphatic rings. The van der Waals surface area contributed by atoms with Crippen LogP contribution in [0, 0.1) is 0 Å². The van der Waals surface area contributed by atoms with Gasteiger partial charge in [0.25, 0.3) is 0 Å². The van der Waals surface area contributed by atoms with Crippen molar-refractivity contribution in [2.75, 3.05) is 47.5 Å². The summed E-state index contributed by atoms with van der Waals surface area (Å²) >= 11 is 0. The minimum atomic E-state index is -4.39. The summed E-state index contributed by atoms with van der Waals surface area (Å²) < 4.78 is 34.2. The third-order valence-electron chi connectivity index (χ3n) is 8.72. The van der Waals surface area contributed by atoms with Gasteiger partial charge >= 0.3 is 19.8 Å². The molecule has 0 saturated heterocycles. The number of phosphoric ester groups is 1. The molecule has 0 spiro atoms. The van der Waals surface area contributed by atoms with E-state index in [4.69, 9.17) is 18.5 Å². The average molecular weight is 807 g/mol. The maximum Gasteiger partial charge on any atom is 0.472 e. The third kappa shape index (κ3) is 41.1. The van der Waals surface area contributed by atoms with Gasteiger partial charge in [0.15, 0.2) is 6.10 Å². The van der Waals surface area contributed by atoms with Crippen molar-refractivity contribution in [1.29, 1.82) is 0 Å². The normalized spacial score (nSPS) is 14.3. The van der Waals surface area contributed by atoms with E-state index in [0.29, 0.717) is 23.9 Å². The van der Waals surface area contributed by atoms with E-state index < -0.39 is 32.5 Å². The Kier molecular flexibility index (Phi) is 36.3. The molecule has 322 valence electrons. The zero-order chi connectivity index (χ0) is 41.4. The first-order chi connectivity index (χ1) is 27.0. The SMILES string of the molecule is CC/C=C/C/C=C/C/C=C/C/C=C/C/C=C/CCCC(=O)O[C@H](COC(=O)CCCCCCCCC/C=C/CCCCCC)COP(=O)(O)OCC[N+](C)(C)C. The molecule has 1 N–H and O–H groups in total. The summed E-state index contributed by atoms with van der Waals surface area (Å²) in [6.45, 7) is 4.20. The van der Waals surface area contributed by atoms with Crippen molar-refractivity contribution in [3.05, 3.63) is 72.9 Å². The zero-order valence-corrected chi connectivity index (χ0v) is 37.0. The fourth-order valence-electron chi connectivity index (χ4n) is 5.34. The van der Waals surface area contributed by atoms with Crippen molar-refractivity contribution in [2.24, 2.45) is 0 Å². The molecule has 0 radical (unpaired) electrons. The van der Waals surface area contributed by atoms with Crippen molar-refractivity contribution >= 4 is 19.8 Å². The molecule has 0 rings (SSSR count). The van der Waals surface area contributed by atoms with Crippen LogP contribution in [0.4, 0.5) is 0 Å². The van der Waals surface area contributed by atoms with Crippen molar-refractivity contribution in [2.45, 2.75) is 161 Å². The highest BCUT2D eigenvalue weighted by Crippen LogP contribution is 2.43. The van der Waals surface area contributed by atoms with E-state index in [1.54, 1.807) is 0 Å². The van der Waals surface area contributed by atoms with Gasteiger partial charge in [-0.1, -0.05) is 138 Å². The number of quaternary nitrogens is 1. The van der Waals surface area contributed by atoms with Crippen LogP contribution in [0.5, 0.6) is 0 Å². The molecule has 0 bridgehead atoms. The number of allylic oxidation sites excluding steroid dienone is 12. The van der Waals surface area contributed by atoms with Crippen molar-refractivity contribution in [1.82, 2.24) is 0 Å². The summed E-state index contributed by atoms with van der Waals surface area (Å²) in [6, 6.07) is 0. The molecule has 10 heteroatoms. The van der Waals surface area contributed by atoms with E-state index in [-0.39, 0.29) is 26.1 Å². The number of rotatable bonds is 38. The second-order valence-corrected chi connectivity index (χ2v) is 16.8. The number of carbonyl (C=O) groups is 2. The van der Waals surface area contributed by atoms with Gasteiger partial charge in [0.05, 0.1) is 27.7 Å². The van der Waals surface area contributed by atoms with Crippen molar-refractivity contribution in [3.8, 4) is 0 Å². The minimum absolute atomic E-state index is 0.0170. The lowest BCUT2D eigenvalue weighted by Gasteiger charge is -2.24. The summed E-state index contributed by atoms with van der Waals surface area (Å²) in [5, 5.41) is 0. The first kappa shape index (κ1) is 53.5. The molecular formula is C46H81NO8P+. The lowest BCUT2D eigenvalue weighted by atomic mass is 10.1. The fraction of sp³-hybridized carbons (Fsp3) is 0.696. The quantitative estimate of drug-likeness (QED) is 0.0216. The maximum atomic E-state index is 12.7. The van der Waals surface area contributed by atoms with Crippen LogP contribution < -0.4 is 0 Å². The monoisotopic (exact) mass is 807 g/mol. The smallest absolute Gasteiger partial charge is 0.462 e. The van der Waals surface area contributed by atoms with Gasteiger partial charge in [0.2, 0.25) is 0 Å². The number of nitrogens with zero attached hydrogens (tertiary/aromatic N) is 1. The van der Waals surface area contributed by atoms with E-state index >= 15 is 0 Å². The van der Waals surface area contributed by atoms with Crippen molar-refractivity contribution in [3.63, 3.8) is 0 Å². The first-order valence-electron chi connectivity index (χ1n) is 21.7. The highest BCUT2D eigenvalue weighted by atomic mass is 31.2. The molecule has 0 aliphatic carbocycles. The molecule has 0 fully saturated rings. The van der Waals surface area contributed by atoms with Crippen LogP contribution in [0.15, 0.2) is 72.9 Å². The predicted octanol–water partition coefficient (Wildman–Crippen LogP) is 12.2. The third-order valence-corrected chi connectivity index (χ3v) is 9.70. The van der Waals surface area contributed by atoms with Crippen LogP contribution in [-0.4, -0.2) is 74.9 Å². The zero-order valence-electron chi connectivity index (χ0n) is 36.1. The van der Waals surface area contributed by atoms with Crippen LogP contribution in [0.1, 0.15) is 155 Å². The molecule has 1 unspecified atom stereocenters. The summed E-state index contributed by atoms with van der Waals surface area (Å²) in [5.74, 6) is -0.878. The van der Waals surface area contributed by atoms with Crippen LogP contribution >= 0.6 is 7.82 Å². The molecule has 2 atom stereocenters. The molecule has 0 aromatic rings. The number of hydrogen-bond donors (Lipinski definition) is 1. The second kappa shape index (κ2) is 38.0. The molecule has 0 aromatic heterocycles. The Labute approximate surface area is 342 Å². The number of unbranched alkanes of at least 4 members (excludes halogenated alkanes) is 12. The standard InChI is InChI=1S/C46H80NO8P/c1-6-8-10-12-14-16-18-20-22-23-25-27-29-31-33-35-37-39-46(49)55-44(43-54-56(50,51)53-41-40-47(3,4)5)42-52-45(48)38-36-34-32-30-28-26-24-21-19-17-15-13-11-9-7-2/h8,10,14,16-17,19-20,22,25,27,31,33,44H,6-7,9,11-13,15,18,21,23-24,26,28-30,32,34-43H2,1-5H3/p+1/b10-8+,16-14+,19-17+,22-20+,27-25+,33-31+/t44-/m1/s1. The minimum Gasteiger partial charge on any atom is -0.462 e. The van der Waals surface area contributed by atoms with Gasteiger partial charge in [0, 0.05) is 12.8 Å². The molecule has 9 nitrogen and oxygen atoms in total. The topological polar surface area (TPSA) is 108 Å². The molecular weight excluding hydrogens is 725 g/mol. The van der Waals surface area contributed by atoms with Crippen LogP contribution in [-0.2, 0) is 32.7 Å². The van der Waals surface area contributed by atoms with Gasteiger partial charge in [-0.3, -0.25) is 18.6 Å². The Bertz CT molecular complexity index is 1180. The molecule has 0 aliphatic heterocycles. The lowest BCUT2D eigenvalue weighted by molar-refractivity contribution is -0.870. The lowest BCUT2D eigenvalue weighted by Crippen LogP contribution is -2.37. The number of carbonyl (C=O) groups excluding carboxylic acids is 2.